The van der Waals surface area contributed by atoms with Gasteiger partial charge in [0.15, 0.2) is 0 Å². The number of fused-ring (bicyclic) bond motifs is 7. The molecule has 0 bridgehead atoms. The van der Waals surface area contributed by atoms with Crippen LogP contribution in [-0.2, 0) is 9.53 Å². The Bertz CT molecular complexity index is 1210. The maximum absolute atomic E-state index is 13.2. The zero-order valence-corrected chi connectivity index (χ0v) is 33.8. The quantitative estimate of drug-likeness (QED) is 0.138. The maximum Gasteiger partial charge on any atom is 0.306 e. The summed E-state index contributed by atoms with van der Waals surface area (Å²) in [5, 5.41) is 12.2. The molecule has 0 spiro atoms. The number of esters is 1. The van der Waals surface area contributed by atoms with Crippen molar-refractivity contribution in [2.75, 3.05) is 0 Å². The number of unbranched alkanes of at least 4 members (excludes halogenated alkanes) is 12. The Morgan fingerprint density at radius 1 is 0.735 bits per heavy atom. The van der Waals surface area contributed by atoms with Crippen LogP contribution in [0.2, 0.25) is 0 Å². The number of allylic oxidation sites excluding steroid dienone is 3. The lowest BCUT2D eigenvalue weighted by molar-refractivity contribution is -0.197. The van der Waals surface area contributed by atoms with Gasteiger partial charge in [-0.25, -0.2) is 0 Å². The van der Waals surface area contributed by atoms with Gasteiger partial charge in [-0.3, -0.25) is 4.79 Å². The normalized spacial score (nSPS) is 39.1. The van der Waals surface area contributed by atoms with Crippen molar-refractivity contribution in [3.05, 3.63) is 23.3 Å². The molecule has 0 heterocycles. The first-order chi connectivity index (χ1) is 23.1. The summed E-state index contributed by atoms with van der Waals surface area (Å²) in [6.07, 6.45) is 31.1. The second kappa shape index (κ2) is 15.1. The summed E-state index contributed by atoms with van der Waals surface area (Å²) in [5.41, 5.74) is 3.69. The molecule has 0 amide bonds. The molecule has 0 aromatic rings. The van der Waals surface area contributed by atoms with Crippen molar-refractivity contribution in [2.24, 2.45) is 44.3 Å². The third-order valence-electron chi connectivity index (χ3n) is 16.3. The van der Waals surface area contributed by atoms with Gasteiger partial charge < -0.3 is 9.84 Å². The van der Waals surface area contributed by atoms with Gasteiger partial charge in [0.1, 0.15) is 6.10 Å². The first kappa shape index (κ1) is 39.1. The molecule has 0 saturated heterocycles. The van der Waals surface area contributed by atoms with Gasteiger partial charge in [0.25, 0.3) is 0 Å². The molecule has 280 valence electrons. The molecule has 0 radical (unpaired) electrons. The maximum atomic E-state index is 13.2. The number of hydrogen-bond acceptors (Lipinski definition) is 3. The minimum atomic E-state index is -0.508. The van der Waals surface area contributed by atoms with E-state index in [1.165, 1.54) is 108 Å². The average molecular weight is 679 g/mol. The Hall–Kier alpha value is -1.09. The summed E-state index contributed by atoms with van der Waals surface area (Å²) in [6.45, 7) is 22.0. The third kappa shape index (κ3) is 7.42. The molecule has 5 aliphatic rings. The lowest BCUT2D eigenvalue weighted by atomic mass is 9.35. The van der Waals surface area contributed by atoms with Gasteiger partial charge in [-0.1, -0.05) is 163 Å². The molecule has 5 aliphatic carbocycles. The van der Waals surface area contributed by atoms with Gasteiger partial charge in [0.2, 0.25) is 0 Å². The SMILES string of the molecule is CCCCCCCCCCCCCCCC(=O)OC1CC(O)C2(C)C3=CC=C4C5CC(C)(C)CCC5(C)CCC4(C)C3(C)CCC2C1(C)C. The van der Waals surface area contributed by atoms with E-state index in [4.69, 9.17) is 4.74 Å². The Balaban J connectivity index is 1.17. The monoisotopic (exact) mass is 679 g/mol. The Labute approximate surface area is 303 Å². The van der Waals surface area contributed by atoms with E-state index in [9.17, 15) is 9.90 Å². The number of carbonyl (C=O) groups excluding carboxylic acids is 1. The van der Waals surface area contributed by atoms with E-state index in [2.05, 4.69) is 74.5 Å². The van der Waals surface area contributed by atoms with Crippen LogP contribution in [0.25, 0.3) is 0 Å². The second-order valence-corrected chi connectivity index (χ2v) is 20.4. The molecule has 4 fully saturated rings. The average Bonchev–Trinajstić information content (AvgIpc) is 3.03. The van der Waals surface area contributed by atoms with Crippen molar-refractivity contribution in [2.45, 2.75) is 216 Å². The highest BCUT2D eigenvalue weighted by Crippen LogP contribution is 2.74. The summed E-state index contributed by atoms with van der Waals surface area (Å²) < 4.78 is 6.30. The molecule has 8 atom stereocenters. The van der Waals surface area contributed by atoms with Crippen LogP contribution in [0.1, 0.15) is 204 Å². The highest BCUT2D eigenvalue weighted by molar-refractivity contribution is 5.69. The standard InChI is InChI=1S/C46H78O3/c1-10-11-12-13-14-15-16-17-18-19-20-21-22-23-40(48)49-39-32-38(47)46(9)36(42(39,4)5)26-27-45(8)37(46)25-24-34-35-33-41(2,3)28-29-43(35,6)30-31-44(34,45)7/h24-25,35-36,38-39,47H,10-23,26-33H2,1-9H3. The van der Waals surface area contributed by atoms with Crippen LogP contribution < -0.4 is 0 Å². The largest absolute Gasteiger partial charge is 0.462 e. The molecule has 3 heteroatoms. The third-order valence-corrected chi connectivity index (χ3v) is 16.3. The van der Waals surface area contributed by atoms with Crippen molar-refractivity contribution < 1.29 is 14.6 Å². The lowest BCUT2D eigenvalue weighted by Crippen LogP contribution is -2.65. The van der Waals surface area contributed by atoms with E-state index in [0.717, 1.165) is 25.7 Å². The minimum Gasteiger partial charge on any atom is -0.462 e. The van der Waals surface area contributed by atoms with E-state index in [1.54, 1.807) is 5.57 Å². The smallest absolute Gasteiger partial charge is 0.306 e. The van der Waals surface area contributed by atoms with Crippen LogP contribution in [0.3, 0.4) is 0 Å². The number of aliphatic hydroxyl groups excluding tert-OH is 1. The van der Waals surface area contributed by atoms with Crippen molar-refractivity contribution in [1.29, 1.82) is 0 Å². The molecule has 3 nitrogen and oxygen atoms in total. The van der Waals surface area contributed by atoms with Gasteiger partial charge in [0, 0.05) is 23.7 Å². The van der Waals surface area contributed by atoms with E-state index < -0.39 is 6.10 Å². The first-order valence-electron chi connectivity index (χ1n) is 21.4. The predicted octanol–water partition coefficient (Wildman–Crippen LogP) is 13.1. The molecular formula is C46H78O3. The molecule has 5 rings (SSSR count). The van der Waals surface area contributed by atoms with Gasteiger partial charge >= 0.3 is 5.97 Å². The van der Waals surface area contributed by atoms with Gasteiger partial charge in [0.05, 0.1) is 6.10 Å². The summed E-state index contributed by atoms with van der Waals surface area (Å²) in [6, 6.07) is 0. The molecule has 1 N–H and O–H groups in total. The molecule has 0 aromatic heterocycles. The summed E-state index contributed by atoms with van der Waals surface area (Å²) in [5.74, 6) is 0.870. The zero-order valence-electron chi connectivity index (χ0n) is 33.8. The zero-order chi connectivity index (χ0) is 35.7. The van der Waals surface area contributed by atoms with Crippen molar-refractivity contribution in [3.63, 3.8) is 0 Å². The van der Waals surface area contributed by atoms with Crippen LogP contribution in [0.4, 0.5) is 0 Å². The van der Waals surface area contributed by atoms with Gasteiger partial charge in [-0.2, -0.15) is 0 Å². The fourth-order valence-corrected chi connectivity index (χ4v) is 12.4. The lowest BCUT2D eigenvalue weighted by Gasteiger charge is -2.69. The van der Waals surface area contributed by atoms with E-state index in [1.807, 2.05) is 0 Å². The topological polar surface area (TPSA) is 46.5 Å². The van der Waals surface area contributed by atoms with Crippen LogP contribution in [0.15, 0.2) is 23.3 Å². The summed E-state index contributed by atoms with van der Waals surface area (Å²) in [4.78, 5) is 13.2. The van der Waals surface area contributed by atoms with E-state index >= 15 is 0 Å². The predicted molar refractivity (Wildman–Crippen MR) is 206 cm³/mol. The Kier molecular flexibility index (Phi) is 12.1. The van der Waals surface area contributed by atoms with Crippen LogP contribution in [-0.4, -0.2) is 23.3 Å². The van der Waals surface area contributed by atoms with E-state index in [-0.39, 0.29) is 39.7 Å². The van der Waals surface area contributed by atoms with Crippen molar-refractivity contribution in [1.82, 2.24) is 0 Å². The van der Waals surface area contributed by atoms with Crippen LogP contribution in [0, 0.1) is 44.3 Å². The second-order valence-electron chi connectivity index (χ2n) is 20.4. The highest BCUT2D eigenvalue weighted by atomic mass is 16.5. The molecule has 0 aromatic carbocycles. The van der Waals surface area contributed by atoms with E-state index in [0.29, 0.717) is 29.6 Å². The minimum absolute atomic E-state index is 0.0417. The number of rotatable bonds is 15. The fraction of sp³-hybridized carbons (Fsp3) is 0.891. The molecule has 49 heavy (non-hydrogen) atoms. The first-order valence-corrected chi connectivity index (χ1v) is 21.4. The Morgan fingerprint density at radius 3 is 1.92 bits per heavy atom. The number of carbonyl (C=O) groups is 1. The number of aliphatic hydroxyl groups is 1. The number of ether oxygens (including phenoxy) is 1. The molecular weight excluding hydrogens is 601 g/mol. The molecule has 8 unspecified atom stereocenters. The molecule has 0 aliphatic heterocycles. The highest BCUT2D eigenvalue weighted by Gasteiger charge is 2.68. The molecule has 4 saturated carbocycles. The Morgan fingerprint density at radius 2 is 1.31 bits per heavy atom. The van der Waals surface area contributed by atoms with Gasteiger partial charge in [-0.05, 0) is 84.9 Å². The summed E-state index contributed by atoms with van der Waals surface area (Å²) >= 11 is 0. The summed E-state index contributed by atoms with van der Waals surface area (Å²) in [7, 11) is 0. The van der Waals surface area contributed by atoms with Crippen molar-refractivity contribution >= 4 is 5.97 Å². The van der Waals surface area contributed by atoms with Gasteiger partial charge in [-0.15, -0.1) is 0 Å². The fourth-order valence-electron chi connectivity index (χ4n) is 12.4. The number of hydrogen-bond donors (Lipinski definition) is 1. The van der Waals surface area contributed by atoms with Crippen LogP contribution >= 0.6 is 0 Å². The van der Waals surface area contributed by atoms with Crippen molar-refractivity contribution in [3.8, 4) is 0 Å². The van der Waals surface area contributed by atoms with Crippen LogP contribution in [0.5, 0.6) is 0 Å².